The Morgan fingerprint density at radius 2 is 1.83 bits per heavy atom. The average molecular weight is 334 g/mol. The highest BCUT2D eigenvalue weighted by Gasteiger charge is 2.43. The van der Waals surface area contributed by atoms with E-state index in [1.807, 2.05) is 51.1 Å². The van der Waals surface area contributed by atoms with Crippen LogP contribution >= 0.6 is 0 Å². The van der Waals surface area contributed by atoms with Crippen molar-refractivity contribution in [1.29, 1.82) is 0 Å². The molecule has 6 nitrogen and oxygen atoms in total. The molecule has 0 radical (unpaired) electrons. The number of carbonyl (C=O) groups is 2. The van der Waals surface area contributed by atoms with Gasteiger partial charge in [0.25, 0.3) is 5.91 Å². The molecule has 0 aliphatic carbocycles. The Kier molecular flexibility index (Phi) is 5.49. The fourth-order valence-corrected chi connectivity index (χ4v) is 2.86. The van der Waals surface area contributed by atoms with Crippen molar-refractivity contribution in [2.75, 3.05) is 20.7 Å². The lowest BCUT2D eigenvalue weighted by molar-refractivity contribution is -0.173. The van der Waals surface area contributed by atoms with Crippen LogP contribution in [-0.4, -0.2) is 54.3 Å². The molecule has 132 valence electrons. The van der Waals surface area contributed by atoms with Crippen LogP contribution in [0.3, 0.4) is 0 Å². The second-order valence-corrected chi connectivity index (χ2v) is 7.01. The number of nitrogens with zero attached hydrogens (tertiary/aromatic N) is 2. The third kappa shape index (κ3) is 4.26. The van der Waals surface area contributed by atoms with E-state index in [0.29, 0.717) is 13.0 Å². The van der Waals surface area contributed by atoms with Crippen LogP contribution in [0.4, 0.5) is 4.79 Å². The van der Waals surface area contributed by atoms with Crippen molar-refractivity contribution >= 4 is 12.0 Å². The number of hydrogen-bond donors (Lipinski definition) is 0. The summed E-state index contributed by atoms with van der Waals surface area (Å²) in [5.74, 6) is -0.153. The van der Waals surface area contributed by atoms with E-state index < -0.39 is 17.7 Å². The fraction of sp³-hybridized carbons (Fsp3) is 0.556. The Hall–Kier alpha value is -2.08. The molecule has 2 atom stereocenters. The predicted octanol–water partition coefficient (Wildman–Crippen LogP) is 2.80. The Labute approximate surface area is 143 Å². The van der Waals surface area contributed by atoms with Crippen LogP contribution in [0.2, 0.25) is 0 Å². The fourth-order valence-electron chi connectivity index (χ4n) is 2.86. The van der Waals surface area contributed by atoms with Crippen molar-refractivity contribution in [3.8, 4) is 0 Å². The van der Waals surface area contributed by atoms with Crippen molar-refractivity contribution in [3.63, 3.8) is 0 Å². The highest BCUT2D eigenvalue weighted by molar-refractivity contribution is 5.85. The summed E-state index contributed by atoms with van der Waals surface area (Å²) >= 11 is 0. The largest absolute Gasteiger partial charge is 0.444 e. The van der Waals surface area contributed by atoms with Crippen molar-refractivity contribution in [3.05, 3.63) is 35.9 Å². The highest BCUT2D eigenvalue weighted by atomic mass is 16.7. The molecule has 0 bridgehead atoms. The van der Waals surface area contributed by atoms with Gasteiger partial charge in [0.05, 0.1) is 7.11 Å². The second kappa shape index (κ2) is 7.21. The molecule has 0 aromatic heterocycles. The van der Waals surface area contributed by atoms with Crippen LogP contribution in [0, 0.1) is 0 Å². The third-order valence-corrected chi connectivity index (χ3v) is 4.07. The number of rotatable bonds is 3. The molecule has 1 fully saturated rings. The summed E-state index contributed by atoms with van der Waals surface area (Å²) in [5.41, 5.74) is 0.504. The summed E-state index contributed by atoms with van der Waals surface area (Å²) in [6, 6.07) is 9.32. The van der Waals surface area contributed by atoms with Crippen molar-refractivity contribution < 1.29 is 19.2 Å². The van der Waals surface area contributed by atoms with Gasteiger partial charge in [0, 0.05) is 19.5 Å². The normalized spacial score (nSPS) is 20.8. The first-order valence-electron chi connectivity index (χ1n) is 8.09. The van der Waals surface area contributed by atoms with Gasteiger partial charge in [-0.3, -0.25) is 14.5 Å². The molecule has 1 saturated heterocycles. The number of hydrogen-bond acceptors (Lipinski definition) is 4. The Bertz CT molecular complexity index is 582. The molecule has 0 N–H and O–H groups in total. The number of carbonyl (C=O) groups excluding carboxylic acids is 2. The van der Waals surface area contributed by atoms with Crippen LogP contribution in [0.25, 0.3) is 0 Å². The highest BCUT2D eigenvalue weighted by Crippen LogP contribution is 2.33. The van der Waals surface area contributed by atoms with E-state index in [2.05, 4.69) is 0 Å². The van der Waals surface area contributed by atoms with Gasteiger partial charge < -0.3 is 4.74 Å². The topological polar surface area (TPSA) is 59.1 Å². The lowest BCUT2D eigenvalue weighted by atomic mass is 9.96. The maximum absolute atomic E-state index is 12.6. The van der Waals surface area contributed by atoms with Gasteiger partial charge in [0.1, 0.15) is 11.6 Å². The molecule has 1 aliphatic heterocycles. The Morgan fingerprint density at radius 3 is 2.38 bits per heavy atom. The quantitative estimate of drug-likeness (QED) is 0.798. The van der Waals surface area contributed by atoms with Crippen LogP contribution < -0.4 is 0 Å². The van der Waals surface area contributed by atoms with Gasteiger partial charge in [-0.15, -0.1) is 0 Å². The lowest BCUT2D eigenvalue weighted by Gasteiger charge is -2.29. The van der Waals surface area contributed by atoms with Crippen LogP contribution in [0.5, 0.6) is 0 Å². The van der Waals surface area contributed by atoms with Gasteiger partial charge in [0.2, 0.25) is 0 Å². The Balaban J connectivity index is 2.23. The number of likely N-dealkylation sites (tertiary alicyclic amines) is 1. The van der Waals surface area contributed by atoms with E-state index in [9.17, 15) is 9.59 Å². The predicted molar refractivity (Wildman–Crippen MR) is 90.3 cm³/mol. The molecule has 0 saturated carbocycles. The van der Waals surface area contributed by atoms with Gasteiger partial charge in [-0.2, -0.15) is 0 Å². The SMILES string of the molecule is CON(C)C(=O)C1CC(c2ccccc2)CN1C(=O)OC(C)(C)C. The zero-order valence-electron chi connectivity index (χ0n) is 15.0. The number of benzene rings is 1. The van der Waals surface area contributed by atoms with E-state index in [4.69, 9.17) is 9.57 Å². The van der Waals surface area contributed by atoms with E-state index in [0.717, 1.165) is 10.6 Å². The van der Waals surface area contributed by atoms with E-state index in [1.54, 1.807) is 7.05 Å². The molecular formula is C18H26N2O4. The standard InChI is InChI=1S/C18H26N2O4/c1-18(2,3)24-17(22)20-12-14(13-9-7-6-8-10-13)11-15(20)16(21)19(4)23-5/h6-10,14-15H,11-12H2,1-5H3. The molecule has 1 aromatic rings. The first kappa shape index (κ1) is 18.3. The number of ether oxygens (including phenoxy) is 1. The molecule has 2 amide bonds. The summed E-state index contributed by atoms with van der Waals surface area (Å²) in [7, 11) is 2.98. The zero-order valence-corrected chi connectivity index (χ0v) is 15.0. The third-order valence-electron chi connectivity index (χ3n) is 4.07. The van der Waals surface area contributed by atoms with Crippen molar-refractivity contribution in [1.82, 2.24) is 9.96 Å². The van der Waals surface area contributed by atoms with Gasteiger partial charge in [-0.25, -0.2) is 9.86 Å². The van der Waals surface area contributed by atoms with Crippen LogP contribution in [0.15, 0.2) is 30.3 Å². The van der Waals surface area contributed by atoms with Gasteiger partial charge in [-0.05, 0) is 32.8 Å². The average Bonchev–Trinajstić information content (AvgIpc) is 2.98. The molecule has 1 heterocycles. The molecule has 1 aliphatic rings. The molecular weight excluding hydrogens is 308 g/mol. The Morgan fingerprint density at radius 1 is 1.21 bits per heavy atom. The summed E-state index contributed by atoms with van der Waals surface area (Å²) in [6.45, 7) is 5.89. The maximum Gasteiger partial charge on any atom is 0.410 e. The van der Waals surface area contributed by atoms with Gasteiger partial charge in [-0.1, -0.05) is 30.3 Å². The minimum atomic E-state index is -0.608. The smallest absolute Gasteiger partial charge is 0.410 e. The van der Waals surface area contributed by atoms with Gasteiger partial charge in [0.15, 0.2) is 0 Å². The first-order chi connectivity index (χ1) is 11.2. The second-order valence-electron chi connectivity index (χ2n) is 7.01. The first-order valence-corrected chi connectivity index (χ1v) is 8.09. The summed E-state index contributed by atoms with van der Waals surface area (Å²) < 4.78 is 5.48. The number of hydroxylamine groups is 2. The lowest BCUT2D eigenvalue weighted by Crippen LogP contribution is -2.47. The van der Waals surface area contributed by atoms with E-state index >= 15 is 0 Å². The molecule has 0 spiro atoms. The van der Waals surface area contributed by atoms with Crippen LogP contribution in [0.1, 0.15) is 38.7 Å². The summed E-state index contributed by atoms with van der Waals surface area (Å²) in [5, 5.41) is 1.16. The zero-order chi connectivity index (χ0) is 17.9. The van der Waals surface area contributed by atoms with Crippen molar-refractivity contribution in [2.45, 2.75) is 44.8 Å². The van der Waals surface area contributed by atoms with E-state index in [-0.39, 0.29) is 11.8 Å². The van der Waals surface area contributed by atoms with E-state index in [1.165, 1.54) is 12.0 Å². The number of likely N-dealkylation sites (N-methyl/N-ethyl adjacent to an activating group) is 1. The maximum atomic E-state index is 12.6. The summed E-state index contributed by atoms with van der Waals surface area (Å²) in [4.78, 5) is 31.7. The van der Waals surface area contributed by atoms with Crippen LogP contribution in [-0.2, 0) is 14.4 Å². The minimum absolute atomic E-state index is 0.0953. The monoisotopic (exact) mass is 334 g/mol. The molecule has 2 unspecified atom stereocenters. The molecule has 6 heteroatoms. The molecule has 24 heavy (non-hydrogen) atoms. The minimum Gasteiger partial charge on any atom is -0.444 e. The number of amides is 2. The van der Waals surface area contributed by atoms with Gasteiger partial charge >= 0.3 is 6.09 Å². The van der Waals surface area contributed by atoms with Crippen molar-refractivity contribution in [2.24, 2.45) is 0 Å². The molecule has 2 rings (SSSR count). The molecule has 1 aromatic carbocycles. The summed E-state index contributed by atoms with van der Waals surface area (Å²) in [6.07, 6.45) is 0.0827.